The van der Waals surface area contributed by atoms with Crippen LogP contribution in [0.5, 0.6) is 11.5 Å². The molecular formula is C22H20O6S. The molecule has 0 radical (unpaired) electrons. The lowest BCUT2D eigenvalue weighted by atomic mass is 10.1. The first-order valence-electron chi connectivity index (χ1n) is 8.90. The van der Waals surface area contributed by atoms with E-state index >= 15 is 0 Å². The van der Waals surface area contributed by atoms with Gasteiger partial charge in [-0.15, -0.1) is 0 Å². The van der Waals surface area contributed by atoms with E-state index in [1.807, 2.05) is 30.3 Å². The summed E-state index contributed by atoms with van der Waals surface area (Å²) in [5.41, 5.74) is 1.85. The van der Waals surface area contributed by atoms with E-state index in [0.29, 0.717) is 0 Å². The molecule has 0 amide bonds. The van der Waals surface area contributed by atoms with Crippen LogP contribution in [0.25, 0.3) is 0 Å². The third kappa shape index (κ3) is 5.36. The smallest absolute Gasteiger partial charge is 0.339 e. The van der Waals surface area contributed by atoms with Gasteiger partial charge in [0.05, 0.1) is 10.6 Å². The van der Waals surface area contributed by atoms with Crippen molar-refractivity contribution in [3.63, 3.8) is 0 Å². The fourth-order valence-corrected chi connectivity index (χ4v) is 3.90. The quantitative estimate of drug-likeness (QED) is 0.587. The summed E-state index contributed by atoms with van der Waals surface area (Å²) in [5, 5.41) is 18.5. The highest BCUT2D eigenvalue weighted by molar-refractivity contribution is 7.91. The number of carboxylic acids is 1. The zero-order valence-corrected chi connectivity index (χ0v) is 16.3. The highest BCUT2D eigenvalue weighted by atomic mass is 32.2. The molecule has 3 rings (SSSR count). The predicted octanol–water partition coefficient (Wildman–Crippen LogP) is 3.53. The predicted molar refractivity (Wildman–Crippen MR) is 108 cm³/mol. The molecule has 0 atom stereocenters. The van der Waals surface area contributed by atoms with Gasteiger partial charge in [-0.25, -0.2) is 13.2 Å². The Morgan fingerprint density at radius 3 is 2.21 bits per heavy atom. The average molecular weight is 412 g/mol. The van der Waals surface area contributed by atoms with Crippen molar-refractivity contribution in [3.8, 4) is 11.5 Å². The van der Waals surface area contributed by atoms with Gasteiger partial charge in [0.2, 0.25) is 0 Å². The lowest BCUT2D eigenvalue weighted by molar-refractivity contribution is 0.0693. The summed E-state index contributed by atoms with van der Waals surface area (Å²) in [6.07, 6.45) is 0.719. The van der Waals surface area contributed by atoms with Crippen LogP contribution in [-0.4, -0.2) is 37.0 Å². The molecule has 0 heterocycles. The second kappa shape index (κ2) is 8.79. The third-order valence-electron chi connectivity index (χ3n) is 4.35. The molecule has 6 nitrogen and oxygen atoms in total. The second-order valence-corrected chi connectivity index (χ2v) is 8.57. The Hall–Kier alpha value is -3.32. The number of aromatic carboxylic acids is 1. The largest absolute Gasteiger partial charge is 0.507 e. The number of sulfone groups is 1. The van der Waals surface area contributed by atoms with Gasteiger partial charge in [-0.1, -0.05) is 42.5 Å². The van der Waals surface area contributed by atoms with Crippen LogP contribution in [0.2, 0.25) is 0 Å². The van der Waals surface area contributed by atoms with Crippen molar-refractivity contribution in [2.24, 2.45) is 0 Å². The molecule has 0 fully saturated rings. The first-order chi connectivity index (χ1) is 13.8. The molecule has 3 aromatic carbocycles. The van der Waals surface area contributed by atoms with Crippen LogP contribution in [0.15, 0.2) is 77.7 Å². The van der Waals surface area contributed by atoms with Crippen molar-refractivity contribution in [1.82, 2.24) is 0 Å². The van der Waals surface area contributed by atoms with Gasteiger partial charge in [0, 0.05) is 0 Å². The van der Waals surface area contributed by atoms with Gasteiger partial charge in [0.1, 0.15) is 23.7 Å². The van der Waals surface area contributed by atoms with Gasteiger partial charge >= 0.3 is 5.97 Å². The summed E-state index contributed by atoms with van der Waals surface area (Å²) >= 11 is 0. The number of carboxylic acid groups (broad SMARTS) is 1. The summed E-state index contributed by atoms with van der Waals surface area (Å²) < 4.78 is 30.4. The molecular weight excluding hydrogens is 392 g/mol. The van der Waals surface area contributed by atoms with E-state index in [1.165, 1.54) is 12.1 Å². The van der Waals surface area contributed by atoms with Crippen LogP contribution in [0.3, 0.4) is 0 Å². The van der Waals surface area contributed by atoms with Gasteiger partial charge in [-0.2, -0.15) is 0 Å². The van der Waals surface area contributed by atoms with Gasteiger partial charge in [-0.3, -0.25) is 0 Å². The minimum Gasteiger partial charge on any atom is -0.507 e. The molecule has 0 unspecified atom stereocenters. The highest BCUT2D eigenvalue weighted by Crippen LogP contribution is 2.23. The summed E-state index contributed by atoms with van der Waals surface area (Å²) in [6.45, 7) is -0.141. The maximum atomic E-state index is 12.5. The first-order valence-corrected chi connectivity index (χ1v) is 10.5. The molecule has 7 heteroatoms. The number of ether oxygens (including phenoxy) is 1. The molecule has 3 aromatic rings. The molecule has 29 heavy (non-hydrogen) atoms. The van der Waals surface area contributed by atoms with Crippen LogP contribution in [0, 0.1) is 0 Å². The SMILES string of the molecule is O=C(O)c1cc(OCCS(=O)(=O)c2ccc(Cc3ccccc3)cc2)ccc1O. The number of hydrogen-bond donors (Lipinski definition) is 2. The molecule has 0 aliphatic rings. The van der Waals surface area contributed by atoms with Gasteiger partial charge in [0.25, 0.3) is 0 Å². The van der Waals surface area contributed by atoms with Crippen molar-refractivity contribution in [3.05, 3.63) is 89.5 Å². The maximum absolute atomic E-state index is 12.5. The molecule has 150 valence electrons. The Bertz CT molecular complexity index is 1090. The zero-order chi connectivity index (χ0) is 20.9. The number of carbonyl (C=O) groups is 1. The van der Waals surface area contributed by atoms with Crippen LogP contribution in [0.1, 0.15) is 21.5 Å². The van der Waals surface area contributed by atoms with Crippen LogP contribution in [-0.2, 0) is 16.3 Å². The third-order valence-corrected chi connectivity index (χ3v) is 6.05. The summed E-state index contributed by atoms with van der Waals surface area (Å²) in [7, 11) is -3.55. The standard InChI is InChI=1S/C22H20O6S/c23-21-11-8-18(15-20(21)22(24)25)28-12-13-29(26,27)19-9-6-17(7-10-19)14-16-4-2-1-3-5-16/h1-11,15,23H,12-14H2,(H,24,25). The zero-order valence-electron chi connectivity index (χ0n) is 15.5. The normalized spacial score (nSPS) is 11.2. The lowest BCUT2D eigenvalue weighted by Gasteiger charge is -2.09. The number of rotatable bonds is 8. The monoisotopic (exact) mass is 412 g/mol. The molecule has 0 aliphatic carbocycles. The summed E-state index contributed by atoms with van der Waals surface area (Å²) in [6, 6.07) is 20.4. The van der Waals surface area contributed by atoms with Crippen LogP contribution in [0.4, 0.5) is 0 Å². The van der Waals surface area contributed by atoms with Crippen molar-refractivity contribution in [2.75, 3.05) is 12.4 Å². The van der Waals surface area contributed by atoms with E-state index in [2.05, 4.69) is 0 Å². The Morgan fingerprint density at radius 2 is 1.55 bits per heavy atom. The molecule has 0 saturated heterocycles. The number of hydrogen-bond acceptors (Lipinski definition) is 5. The minimum atomic E-state index is -3.55. The Kier molecular flexibility index (Phi) is 6.19. The fourth-order valence-electron chi connectivity index (χ4n) is 2.81. The fraction of sp³-hybridized carbons (Fsp3) is 0.136. The molecule has 0 spiro atoms. The number of phenols is 1. The average Bonchev–Trinajstić information content (AvgIpc) is 2.70. The van der Waals surface area contributed by atoms with Crippen LogP contribution < -0.4 is 4.74 Å². The Morgan fingerprint density at radius 1 is 0.897 bits per heavy atom. The van der Waals surface area contributed by atoms with E-state index in [-0.39, 0.29) is 34.3 Å². The topological polar surface area (TPSA) is 101 Å². The van der Waals surface area contributed by atoms with E-state index < -0.39 is 15.8 Å². The molecule has 0 aromatic heterocycles. The second-order valence-electron chi connectivity index (χ2n) is 6.46. The Balaban J connectivity index is 1.61. The lowest BCUT2D eigenvalue weighted by Crippen LogP contribution is -2.14. The maximum Gasteiger partial charge on any atom is 0.339 e. The van der Waals surface area contributed by atoms with E-state index in [9.17, 15) is 18.3 Å². The summed E-state index contributed by atoms with van der Waals surface area (Å²) in [4.78, 5) is 11.2. The molecule has 2 N–H and O–H groups in total. The van der Waals surface area contributed by atoms with Crippen molar-refractivity contribution >= 4 is 15.8 Å². The Labute approximate surface area is 168 Å². The van der Waals surface area contributed by atoms with Gasteiger partial charge in [0.15, 0.2) is 9.84 Å². The molecule has 0 bridgehead atoms. The summed E-state index contributed by atoms with van der Waals surface area (Å²) in [5.74, 6) is -1.76. The highest BCUT2D eigenvalue weighted by Gasteiger charge is 2.16. The number of benzene rings is 3. The van der Waals surface area contributed by atoms with Crippen molar-refractivity contribution in [2.45, 2.75) is 11.3 Å². The van der Waals surface area contributed by atoms with E-state index in [1.54, 1.807) is 24.3 Å². The van der Waals surface area contributed by atoms with Gasteiger partial charge in [-0.05, 0) is 47.9 Å². The first kappa shape index (κ1) is 20.4. The van der Waals surface area contributed by atoms with Crippen molar-refractivity contribution in [1.29, 1.82) is 0 Å². The van der Waals surface area contributed by atoms with Crippen molar-refractivity contribution < 1.29 is 28.2 Å². The van der Waals surface area contributed by atoms with Gasteiger partial charge < -0.3 is 14.9 Å². The molecule has 0 saturated carbocycles. The van der Waals surface area contributed by atoms with E-state index in [0.717, 1.165) is 23.6 Å². The molecule has 0 aliphatic heterocycles. The van der Waals surface area contributed by atoms with E-state index in [4.69, 9.17) is 9.84 Å². The van der Waals surface area contributed by atoms with Crippen LogP contribution >= 0.6 is 0 Å². The minimum absolute atomic E-state index is 0.141. The number of aromatic hydroxyl groups is 1.